The lowest BCUT2D eigenvalue weighted by Gasteiger charge is -2.31. The Bertz CT molecular complexity index is 1440. The molecule has 0 bridgehead atoms. The van der Waals surface area contributed by atoms with Gasteiger partial charge in [-0.25, -0.2) is 0 Å². The molecule has 2 atom stereocenters. The smallest absolute Gasteiger partial charge is 0.253 e. The number of aryl methyl sites for hydroxylation is 2. The zero-order chi connectivity index (χ0) is 29.6. The summed E-state index contributed by atoms with van der Waals surface area (Å²) in [5, 5.41) is 10.2. The molecule has 5 rings (SSSR count). The van der Waals surface area contributed by atoms with E-state index in [0.29, 0.717) is 11.1 Å². The van der Waals surface area contributed by atoms with Crippen LogP contribution in [0, 0.1) is 20.8 Å². The van der Waals surface area contributed by atoms with Gasteiger partial charge in [-0.1, -0.05) is 31.2 Å². The van der Waals surface area contributed by atoms with Crippen LogP contribution in [0.2, 0.25) is 0 Å². The molecule has 0 saturated carbocycles. The molecule has 2 unspecified atom stereocenters. The fraction of sp³-hybridized carbons (Fsp3) is 0.471. The van der Waals surface area contributed by atoms with E-state index < -0.39 is 0 Å². The van der Waals surface area contributed by atoms with Gasteiger partial charge < -0.3 is 25.7 Å². The molecule has 2 fully saturated rings. The van der Waals surface area contributed by atoms with Crippen molar-refractivity contribution in [2.24, 2.45) is 0 Å². The highest BCUT2D eigenvalue weighted by Gasteiger charge is 2.23. The fourth-order valence-electron chi connectivity index (χ4n) is 6.08. The largest absolute Gasteiger partial charge is 0.382 e. The van der Waals surface area contributed by atoms with E-state index in [4.69, 9.17) is 4.74 Å². The first kappa shape index (κ1) is 30.0. The minimum Gasteiger partial charge on any atom is -0.382 e. The summed E-state index contributed by atoms with van der Waals surface area (Å²) in [7, 11) is 0. The van der Waals surface area contributed by atoms with E-state index in [1.807, 2.05) is 32.9 Å². The lowest BCUT2D eigenvalue weighted by atomic mass is 9.95. The molecule has 8 heteroatoms. The zero-order valence-corrected chi connectivity index (χ0v) is 25.4. The monoisotopic (exact) mass is 571 g/mol. The van der Waals surface area contributed by atoms with Gasteiger partial charge in [0.25, 0.3) is 11.5 Å². The first-order valence-corrected chi connectivity index (χ1v) is 15.3. The van der Waals surface area contributed by atoms with Crippen LogP contribution in [-0.2, 0) is 17.8 Å². The molecule has 2 aliphatic heterocycles. The number of ether oxygens (including phenoxy) is 1. The SMILES string of the molecule is CCC1CC(Nc2cc(-c3ccc(CN4CCNCC4)cc3)cc(C(=O)NCc3c(C)cc(C)[nH]c3=O)c2C)CCO1. The van der Waals surface area contributed by atoms with Crippen molar-refractivity contribution in [3.8, 4) is 11.1 Å². The number of amides is 1. The van der Waals surface area contributed by atoms with Crippen LogP contribution in [-0.4, -0.2) is 60.7 Å². The Hall–Kier alpha value is -3.46. The van der Waals surface area contributed by atoms with Gasteiger partial charge in [0, 0.05) is 74.4 Å². The maximum absolute atomic E-state index is 13.6. The number of aromatic nitrogens is 1. The molecule has 2 saturated heterocycles. The second kappa shape index (κ2) is 13.7. The predicted molar refractivity (Wildman–Crippen MR) is 169 cm³/mol. The number of aromatic amines is 1. The molecule has 2 aliphatic rings. The number of H-pyrrole nitrogens is 1. The van der Waals surface area contributed by atoms with Crippen molar-refractivity contribution in [3.05, 3.63) is 86.3 Å². The number of benzene rings is 2. The van der Waals surface area contributed by atoms with Crippen LogP contribution in [0.25, 0.3) is 11.1 Å². The Kier molecular flexibility index (Phi) is 9.77. The maximum atomic E-state index is 13.6. The first-order chi connectivity index (χ1) is 20.3. The van der Waals surface area contributed by atoms with Gasteiger partial charge in [-0.15, -0.1) is 0 Å². The molecular formula is C34H45N5O3. The van der Waals surface area contributed by atoms with Crippen molar-refractivity contribution in [1.29, 1.82) is 0 Å². The summed E-state index contributed by atoms with van der Waals surface area (Å²) in [6, 6.07) is 15.1. The van der Waals surface area contributed by atoms with Crippen molar-refractivity contribution >= 4 is 11.6 Å². The Balaban J connectivity index is 1.41. The Morgan fingerprint density at radius 1 is 1.05 bits per heavy atom. The van der Waals surface area contributed by atoms with E-state index in [-0.39, 0.29) is 30.2 Å². The Morgan fingerprint density at radius 2 is 1.81 bits per heavy atom. The third-order valence-electron chi connectivity index (χ3n) is 8.66. The van der Waals surface area contributed by atoms with Crippen molar-refractivity contribution in [1.82, 2.24) is 20.5 Å². The van der Waals surface area contributed by atoms with Gasteiger partial charge >= 0.3 is 0 Å². The summed E-state index contributed by atoms with van der Waals surface area (Å²) < 4.78 is 5.91. The number of rotatable bonds is 9. The van der Waals surface area contributed by atoms with E-state index in [1.165, 1.54) is 5.56 Å². The van der Waals surface area contributed by atoms with E-state index in [2.05, 4.69) is 63.1 Å². The zero-order valence-electron chi connectivity index (χ0n) is 25.4. The second-order valence-corrected chi connectivity index (χ2v) is 11.8. The molecule has 0 spiro atoms. The topological polar surface area (TPSA) is 98.5 Å². The summed E-state index contributed by atoms with van der Waals surface area (Å²) >= 11 is 0. The molecule has 0 aliphatic carbocycles. The molecule has 1 aromatic heterocycles. The van der Waals surface area contributed by atoms with Gasteiger partial charge in [0.05, 0.1) is 6.10 Å². The average molecular weight is 572 g/mol. The van der Waals surface area contributed by atoms with E-state index in [0.717, 1.165) is 92.2 Å². The summed E-state index contributed by atoms with van der Waals surface area (Å²) in [4.78, 5) is 31.5. The van der Waals surface area contributed by atoms with Gasteiger partial charge in [-0.3, -0.25) is 14.5 Å². The van der Waals surface area contributed by atoms with Crippen LogP contribution in [0.3, 0.4) is 0 Å². The van der Waals surface area contributed by atoms with E-state index in [1.54, 1.807) is 0 Å². The van der Waals surface area contributed by atoms with Crippen LogP contribution >= 0.6 is 0 Å². The van der Waals surface area contributed by atoms with Crippen molar-refractivity contribution in [2.45, 2.75) is 72.2 Å². The molecule has 2 aromatic carbocycles. The highest BCUT2D eigenvalue weighted by atomic mass is 16.5. The van der Waals surface area contributed by atoms with E-state index in [9.17, 15) is 9.59 Å². The minimum absolute atomic E-state index is 0.161. The third kappa shape index (κ3) is 7.30. The lowest BCUT2D eigenvalue weighted by molar-refractivity contribution is 0.00924. The Labute approximate surface area is 249 Å². The fourth-order valence-corrected chi connectivity index (χ4v) is 6.08. The Morgan fingerprint density at radius 3 is 2.52 bits per heavy atom. The highest BCUT2D eigenvalue weighted by molar-refractivity contribution is 5.98. The molecule has 224 valence electrons. The third-order valence-corrected chi connectivity index (χ3v) is 8.66. The van der Waals surface area contributed by atoms with Crippen LogP contribution < -0.4 is 21.5 Å². The van der Waals surface area contributed by atoms with E-state index >= 15 is 0 Å². The number of piperazine rings is 1. The number of nitrogens with one attached hydrogen (secondary N) is 4. The van der Waals surface area contributed by atoms with Crippen LogP contribution in [0.1, 0.15) is 64.5 Å². The van der Waals surface area contributed by atoms with Crippen molar-refractivity contribution in [3.63, 3.8) is 0 Å². The number of hydrogen-bond acceptors (Lipinski definition) is 6. The minimum atomic E-state index is -0.189. The van der Waals surface area contributed by atoms with Crippen LogP contribution in [0.5, 0.6) is 0 Å². The number of anilines is 1. The molecule has 1 amide bonds. The summed E-state index contributed by atoms with van der Waals surface area (Å²) in [6.45, 7) is 14.0. The predicted octanol–water partition coefficient (Wildman–Crippen LogP) is 4.67. The number of hydrogen-bond donors (Lipinski definition) is 4. The average Bonchev–Trinajstić information content (AvgIpc) is 2.98. The summed E-state index contributed by atoms with van der Waals surface area (Å²) in [5.74, 6) is -0.189. The van der Waals surface area contributed by atoms with Gasteiger partial charge in [-0.2, -0.15) is 0 Å². The summed E-state index contributed by atoms with van der Waals surface area (Å²) in [6.07, 6.45) is 3.11. The molecule has 42 heavy (non-hydrogen) atoms. The van der Waals surface area contributed by atoms with Crippen molar-refractivity contribution in [2.75, 3.05) is 38.1 Å². The molecule has 4 N–H and O–H groups in total. The van der Waals surface area contributed by atoms with Crippen LogP contribution in [0.15, 0.2) is 47.3 Å². The summed E-state index contributed by atoms with van der Waals surface area (Å²) in [5.41, 5.74) is 7.93. The standard InChI is InChI=1S/C34H45N5O3/c1-5-29-19-28(10-15-42-29)38-32-18-27(26-8-6-25(7-9-26)21-39-13-11-35-12-14-39)17-30(24(32)4)33(40)36-20-31-22(2)16-23(3)37-34(31)41/h6-9,16-18,28-29,35,38H,5,10-15,19-21H2,1-4H3,(H,36,40)(H,37,41). The molecular weight excluding hydrogens is 526 g/mol. The van der Waals surface area contributed by atoms with Gasteiger partial charge in [0.1, 0.15) is 0 Å². The highest BCUT2D eigenvalue weighted by Crippen LogP contribution is 2.31. The second-order valence-electron chi connectivity index (χ2n) is 11.8. The number of carbonyl (C=O) groups is 1. The normalized spacial score (nSPS) is 19.4. The molecule has 0 radical (unpaired) electrons. The molecule has 3 aromatic rings. The number of pyridine rings is 1. The lowest BCUT2D eigenvalue weighted by Crippen LogP contribution is -2.42. The number of carbonyl (C=O) groups excluding carboxylic acids is 1. The van der Waals surface area contributed by atoms with Crippen LogP contribution in [0.4, 0.5) is 5.69 Å². The first-order valence-electron chi connectivity index (χ1n) is 15.3. The maximum Gasteiger partial charge on any atom is 0.253 e. The molecule has 3 heterocycles. The van der Waals surface area contributed by atoms with Gasteiger partial charge in [0.2, 0.25) is 0 Å². The molecule has 8 nitrogen and oxygen atoms in total. The quantitative estimate of drug-likeness (QED) is 0.298. The van der Waals surface area contributed by atoms with Crippen molar-refractivity contribution < 1.29 is 9.53 Å². The van der Waals surface area contributed by atoms with Gasteiger partial charge in [-0.05, 0) is 86.1 Å². The van der Waals surface area contributed by atoms with Gasteiger partial charge in [0.15, 0.2) is 0 Å². The number of nitrogens with zero attached hydrogens (tertiary/aromatic N) is 1.